The molecule has 20 heavy (non-hydrogen) atoms. The van der Waals surface area contributed by atoms with Crippen LogP contribution in [-0.2, 0) is 13.0 Å². The van der Waals surface area contributed by atoms with Crippen LogP contribution in [0.1, 0.15) is 11.1 Å². The van der Waals surface area contributed by atoms with Crippen LogP contribution in [0.15, 0.2) is 53.4 Å². The first kappa shape index (κ1) is 13.5. The number of benzene rings is 2. The monoisotopic (exact) mass is 284 g/mol. The Morgan fingerprint density at radius 3 is 2.65 bits per heavy atom. The van der Waals surface area contributed by atoms with Crippen LogP contribution in [0.3, 0.4) is 0 Å². The standard InChI is InChI=1S/C17H20N2S/c1-19(11-13-6-8-15(18)9-7-13)12-16-10-14-4-2-3-5-17(14)20-16/h2-9,16H,10-12,18H2,1H3. The van der Waals surface area contributed by atoms with Gasteiger partial charge in [-0.05, 0) is 42.8 Å². The van der Waals surface area contributed by atoms with Crippen LogP contribution in [0, 0.1) is 0 Å². The van der Waals surface area contributed by atoms with Crippen molar-refractivity contribution in [3.05, 3.63) is 59.7 Å². The lowest BCUT2D eigenvalue weighted by molar-refractivity contribution is 0.327. The Balaban J connectivity index is 1.55. The summed E-state index contributed by atoms with van der Waals surface area (Å²) in [6, 6.07) is 16.9. The first-order valence-corrected chi connectivity index (χ1v) is 7.86. The van der Waals surface area contributed by atoms with E-state index in [1.165, 1.54) is 22.4 Å². The van der Waals surface area contributed by atoms with E-state index in [2.05, 4.69) is 48.3 Å². The topological polar surface area (TPSA) is 29.3 Å². The van der Waals surface area contributed by atoms with E-state index in [4.69, 9.17) is 5.73 Å². The maximum Gasteiger partial charge on any atom is 0.0314 e. The molecule has 1 aliphatic rings. The Hall–Kier alpha value is -1.45. The van der Waals surface area contributed by atoms with Crippen molar-refractivity contribution in [1.82, 2.24) is 4.90 Å². The van der Waals surface area contributed by atoms with Gasteiger partial charge in [0.1, 0.15) is 0 Å². The van der Waals surface area contributed by atoms with E-state index in [9.17, 15) is 0 Å². The van der Waals surface area contributed by atoms with Gasteiger partial charge in [0.05, 0.1) is 0 Å². The SMILES string of the molecule is CN(Cc1ccc(N)cc1)CC1Cc2ccccc2S1. The normalized spacial score (nSPS) is 17.4. The molecule has 0 spiro atoms. The molecule has 2 aromatic rings. The van der Waals surface area contributed by atoms with Gasteiger partial charge in [-0.15, -0.1) is 11.8 Å². The fourth-order valence-corrected chi connectivity index (χ4v) is 4.11. The molecule has 1 unspecified atom stereocenters. The average molecular weight is 284 g/mol. The van der Waals surface area contributed by atoms with Crippen molar-refractivity contribution in [2.45, 2.75) is 23.1 Å². The molecule has 0 aliphatic carbocycles. The Bertz CT molecular complexity index is 555. The zero-order valence-corrected chi connectivity index (χ0v) is 12.6. The quantitative estimate of drug-likeness (QED) is 0.872. The van der Waals surface area contributed by atoms with Gasteiger partial charge in [0.2, 0.25) is 0 Å². The molecule has 2 nitrogen and oxygen atoms in total. The van der Waals surface area contributed by atoms with Crippen LogP contribution in [0.25, 0.3) is 0 Å². The van der Waals surface area contributed by atoms with E-state index in [1.807, 2.05) is 23.9 Å². The number of fused-ring (bicyclic) bond motifs is 1. The van der Waals surface area contributed by atoms with Crippen LogP contribution in [-0.4, -0.2) is 23.7 Å². The van der Waals surface area contributed by atoms with Gasteiger partial charge in [-0.3, -0.25) is 0 Å². The van der Waals surface area contributed by atoms with Crippen LogP contribution < -0.4 is 5.73 Å². The Morgan fingerprint density at radius 1 is 1.15 bits per heavy atom. The minimum atomic E-state index is 0.672. The third kappa shape index (κ3) is 3.17. The number of anilines is 1. The molecular formula is C17H20N2S. The molecule has 0 radical (unpaired) electrons. The molecular weight excluding hydrogens is 264 g/mol. The smallest absolute Gasteiger partial charge is 0.0314 e. The molecule has 0 fully saturated rings. The largest absolute Gasteiger partial charge is 0.399 e. The summed E-state index contributed by atoms with van der Waals surface area (Å²) in [5.74, 6) is 0. The maximum absolute atomic E-state index is 5.72. The van der Waals surface area contributed by atoms with Crippen LogP contribution in [0.2, 0.25) is 0 Å². The maximum atomic E-state index is 5.72. The summed E-state index contributed by atoms with van der Waals surface area (Å²) in [5.41, 5.74) is 9.38. The molecule has 0 aromatic heterocycles. The van der Waals surface area contributed by atoms with Crippen LogP contribution >= 0.6 is 11.8 Å². The summed E-state index contributed by atoms with van der Waals surface area (Å²) in [7, 11) is 2.19. The molecule has 0 saturated carbocycles. The molecule has 2 N–H and O–H groups in total. The molecule has 0 saturated heterocycles. The van der Waals surface area contributed by atoms with Crippen molar-refractivity contribution in [3.63, 3.8) is 0 Å². The predicted octanol–water partition coefficient (Wildman–Crippen LogP) is 3.42. The van der Waals surface area contributed by atoms with E-state index < -0.39 is 0 Å². The molecule has 1 aliphatic heterocycles. The average Bonchev–Trinajstić information content (AvgIpc) is 2.83. The first-order chi connectivity index (χ1) is 9.70. The highest BCUT2D eigenvalue weighted by atomic mass is 32.2. The third-order valence-corrected chi connectivity index (χ3v) is 4.96. The highest BCUT2D eigenvalue weighted by Gasteiger charge is 2.22. The summed E-state index contributed by atoms with van der Waals surface area (Å²) in [5, 5.41) is 0.672. The number of rotatable bonds is 4. The Morgan fingerprint density at radius 2 is 1.90 bits per heavy atom. The summed E-state index contributed by atoms with van der Waals surface area (Å²) >= 11 is 2.02. The van der Waals surface area contributed by atoms with Crippen molar-refractivity contribution >= 4 is 17.4 Å². The highest BCUT2D eigenvalue weighted by Crippen LogP contribution is 2.36. The van der Waals surface area contributed by atoms with E-state index >= 15 is 0 Å². The molecule has 1 atom stereocenters. The van der Waals surface area contributed by atoms with Crippen molar-refractivity contribution in [2.24, 2.45) is 0 Å². The van der Waals surface area contributed by atoms with Crippen molar-refractivity contribution in [2.75, 3.05) is 19.3 Å². The van der Waals surface area contributed by atoms with Gasteiger partial charge in [-0.2, -0.15) is 0 Å². The van der Waals surface area contributed by atoms with Crippen LogP contribution in [0.5, 0.6) is 0 Å². The van der Waals surface area contributed by atoms with Crippen LogP contribution in [0.4, 0.5) is 5.69 Å². The van der Waals surface area contributed by atoms with Gasteiger partial charge < -0.3 is 10.6 Å². The van der Waals surface area contributed by atoms with Gasteiger partial charge in [0, 0.05) is 28.9 Å². The van der Waals surface area contributed by atoms with E-state index in [0.717, 1.165) is 18.8 Å². The lowest BCUT2D eigenvalue weighted by Crippen LogP contribution is -2.26. The molecule has 0 bridgehead atoms. The van der Waals surface area contributed by atoms with Crippen molar-refractivity contribution in [1.29, 1.82) is 0 Å². The predicted molar refractivity (Wildman–Crippen MR) is 87.0 cm³/mol. The minimum Gasteiger partial charge on any atom is -0.399 e. The van der Waals surface area contributed by atoms with Gasteiger partial charge in [0.25, 0.3) is 0 Å². The number of hydrogen-bond donors (Lipinski definition) is 1. The zero-order valence-electron chi connectivity index (χ0n) is 11.8. The third-order valence-electron chi connectivity index (χ3n) is 3.66. The lowest BCUT2D eigenvalue weighted by atomic mass is 10.1. The summed E-state index contributed by atoms with van der Waals surface area (Å²) in [6.45, 7) is 2.09. The highest BCUT2D eigenvalue weighted by molar-refractivity contribution is 8.00. The van der Waals surface area contributed by atoms with E-state index in [-0.39, 0.29) is 0 Å². The number of nitrogens with two attached hydrogens (primary N) is 1. The number of nitrogen functional groups attached to an aromatic ring is 1. The zero-order chi connectivity index (χ0) is 13.9. The molecule has 104 valence electrons. The van der Waals surface area contributed by atoms with Gasteiger partial charge in [-0.25, -0.2) is 0 Å². The summed E-state index contributed by atoms with van der Waals surface area (Å²) in [4.78, 5) is 3.85. The molecule has 3 rings (SSSR count). The fourth-order valence-electron chi connectivity index (χ4n) is 2.70. The van der Waals surface area contributed by atoms with E-state index in [0.29, 0.717) is 5.25 Å². The van der Waals surface area contributed by atoms with Gasteiger partial charge in [0.15, 0.2) is 0 Å². The lowest BCUT2D eigenvalue weighted by Gasteiger charge is -2.20. The summed E-state index contributed by atoms with van der Waals surface area (Å²) < 4.78 is 0. The number of hydrogen-bond acceptors (Lipinski definition) is 3. The number of thioether (sulfide) groups is 1. The summed E-state index contributed by atoms with van der Waals surface area (Å²) in [6.07, 6.45) is 1.19. The second kappa shape index (κ2) is 5.90. The fraction of sp³-hybridized carbons (Fsp3) is 0.294. The molecule has 0 amide bonds. The molecule has 1 heterocycles. The second-order valence-electron chi connectivity index (χ2n) is 5.49. The molecule has 3 heteroatoms. The molecule has 2 aromatic carbocycles. The Labute approximate surface area is 125 Å². The Kier molecular flexibility index (Phi) is 3.99. The van der Waals surface area contributed by atoms with E-state index in [1.54, 1.807) is 0 Å². The van der Waals surface area contributed by atoms with Crippen molar-refractivity contribution in [3.8, 4) is 0 Å². The second-order valence-corrected chi connectivity index (χ2v) is 6.83. The first-order valence-electron chi connectivity index (χ1n) is 6.98. The van der Waals surface area contributed by atoms with Gasteiger partial charge >= 0.3 is 0 Å². The van der Waals surface area contributed by atoms with Crippen molar-refractivity contribution < 1.29 is 0 Å². The number of nitrogens with zero attached hydrogens (tertiary/aromatic N) is 1. The van der Waals surface area contributed by atoms with Gasteiger partial charge in [-0.1, -0.05) is 30.3 Å². The minimum absolute atomic E-state index is 0.672.